The summed E-state index contributed by atoms with van der Waals surface area (Å²) in [6.45, 7) is 1.64. The van der Waals surface area contributed by atoms with E-state index in [9.17, 15) is 14.4 Å². The molecule has 0 aliphatic carbocycles. The van der Waals surface area contributed by atoms with Crippen molar-refractivity contribution >= 4 is 34.2 Å². The summed E-state index contributed by atoms with van der Waals surface area (Å²) >= 11 is 0.945. The van der Waals surface area contributed by atoms with Crippen LogP contribution in [0.2, 0.25) is 0 Å². The molecule has 1 saturated heterocycles. The molecule has 10 nitrogen and oxygen atoms in total. The number of nitrogens with zero attached hydrogens (tertiary/aromatic N) is 4. The second kappa shape index (κ2) is 8.66. The predicted molar refractivity (Wildman–Crippen MR) is 123 cm³/mol. The van der Waals surface area contributed by atoms with Crippen molar-refractivity contribution in [2.24, 2.45) is 5.92 Å². The molecule has 5 rings (SSSR count). The Balaban J connectivity index is 1.29. The fraction of sp³-hybridized carbons (Fsp3) is 0.318. The zero-order chi connectivity index (χ0) is 22.9. The number of hydrogen-bond donors (Lipinski definition) is 2. The molecule has 1 fully saturated rings. The van der Waals surface area contributed by atoms with E-state index >= 15 is 0 Å². The van der Waals surface area contributed by atoms with E-state index in [4.69, 9.17) is 4.74 Å². The number of rotatable bonds is 4. The lowest BCUT2D eigenvalue weighted by atomic mass is 9.83. The molecule has 3 aromatic rings. The first-order valence-electron chi connectivity index (χ1n) is 10.6. The van der Waals surface area contributed by atoms with Gasteiger partial charge in [-0.1, -0.05) is 22.7 Å². The van der Waals surface area contributed by atoms with Crippen LogP contribution in [-0.2, 0) is 6.54 Å². The van der Waals surface area contributed by atoms with Crippen LogP contribution in [0.3, 0.4) is 0 Å². The lowest BCUT2D eigenvalue weighted by Crippen LogP contribution is -2.50. The van der Waals surface area contributed by atoms with Gasteiger partial charge in [0.15, 0.2) is 10.7 Å². The van der Waals surface area contributed by atoms with E-state index in [0.717, 1.165) is 23.6 Å². The monoisotopic (exact) mass is 466 g/mol. The van der Waals surface area contributed by atoms with Gasteiger partial charge in [-0.2, -0.15) is 0 Å². The molecule has 2 atom stereocenters. The van der Waals surface area contributed by atoms with Crippen molar-refractivity contribution < 1.29 is 14.3 Å². The molecule has 170 valence electrons. The molecular formula is C22H22N6O4S. The Hall–Kier alpha value is -3.73. The van der Waals surface area contributed by atoms with E-state index in [1.807, 2.05) is 10.6 Å². The first kappa shape index (κ1) is 21.1. The second-order valence-corrected chi connectivity index (χ2v) is 8.89. The van der Waals surface area contributed by atoms with Crippen LogP contribution in [0.1, 0.15) is 28.5 Å². The third-order valence-corrected chi connectivity index (χ3v) is 6.69. The van der Waals surface area contributed by atoms with Crippen molar-refractivity contribution in [1.29, 1.82) is 0 Å². The summed E-state index contributed by atoms with van der Waals surface area (Å²) < 4.78 is 10.9. The zero-order valence-electron chi connectivity index (χ0n) is 17.9. The Labute approximate surface area is 193 Å². The molecule has 2 aliphatic heterocycles. The molecule has 4 heterocycles. The largest absolute Gasteiger partial charge is 0.495 e. The SMILES string of the molecule is COc1ccccc1NC(=O)c1nnsc1NC(=O)N1C[C@@H]2C[C@H](C1)c1cccc(=O)n1C2. The maximum absolute atomic E-state index is 13.1. The molecule has 33 heavy (non-hydrogen) atoms. The fourth-order valence-corrected chi connectivity index (χ4v) is 5.15. The van der Waals surface area contributed by atoms with Gasteiger partial charge in [0, 0.05) is 48.8 Å². The van der Waals surface area contributed by atoms with Crippen molar-refractivity contribution in [3.63, 3.8) is 0 Å². The number of benzene rings is 1. The average Bonchev–Trinajstić information content (AvgIpc) is 3.28. The van der Waals surface area contributed by atoms with E-state index in [-0.39, 0.29) is 34.1 Å². The lowest BCUT2D eigenvalue weighted by Gasteiger charge is -2.42. The quantitative estimate of drug-likeness (QED) is 0.610. The normalized spacial score (nSPS) is 18.9. The number of para-hydroxylation sites is 2. The van der Waals surface area contributed by atoms with Crippen LogP contribution in [0.15, 0.2) is 47.3 Å². The number of anilines is 2. The van der Waals surface area contributed by atoms with Gasteiger partial charge in [-0.25, -0.2) is 4.79 Å². The number of carbonyl (C=O) groups excluding carboxylic acids is 2. The molecule has 1 aromatic carbocycles. The highest BCUT2D eigenvalue weighted by Crippen LogP contribution is 2.35. The Morgan fingerprint density at radius 3 is 2.79 bits per heavy atom. The van der Waals surface area contributed by atoms with Gasteiger partial charge in [-0.05, 0) is 30.5 Å². The van der Waals surface area contributed by atoms with Gasteiger partial charge in [-0.15, -0.1) is 5.10 Å². The number of hydrogen-bond acceptors (Lipinski definition) is 7. The summed E-state index contributed by atoms with van der Waals surface area (Å²) in [4.78, 5) is 39.8. The molecule has 0 saturated carbocycles. The van der Waals surface area contributed by atoms with Gasteiger partial charge in [0.05, 0.1) is 12.8 Å². The van der Waals surface area contributed by atoms with Crippen LogP contribution in [0.25, 0.3) is 0 Å². The van der Waals surface area contributed by atoms with Crippen LogP contribution in [0.4, 0.5) is 15.5 Å². The van der Waals surface area contributed by atoms with Gasteiger partial charge < -0.3 is 19.5 Å². The first-order chi connectivity index (χ1) is 16.0. The van der Waals surface area contributed by atoms with E-state index < -0.39 is 5.91 Å². The van der Waals surface area contributed by atoms with E-state index in [2.05, 4.69) is 20.2 Å². The van der Waals surface area contributed by atoms with Crippen molar-refractivity contribution in [3.05, 3.63) is 64.2 Å². The highest BCUT2D eigenvalue weighted by atomic mass is 32.1. The molecule has 11 heteroatoms. The Bertz CT molecular complexity index is 1270. The highest BCUT2D eigenvalue weighted by Gasteiger charge is 2.36. The van der Waals surface area contributed by atoms with Gasteiger partial charge >= 0.3 is 6.03 Å². The lowest BCUT2D eigenvalue weighted by molar-refractivity contribution is 0.102. The number of fused-ring (bicyclic) bond motifs is 4. The van der Waals surface area contributed by atoms with Crippen LogP contribution < -0.4 is 20.9 Å². The number of amides is 3. The number of urea groups is 1. The molecule has 2 N–H and O–H groups in total. The standard InChI is InChI=1S/C22H22N6O4S/c1-32-17-7-3-2-5-15(17)23-20(30)19-21(33-26-25-19)24-22(31)27-10-13-9-14(12-27)16-6-4-8-18(29)28(16)11-13/h2-8,13-14H,9-12H2,1H3,(H,23,30)(H,24,31)/t13-,14+/m0/s1. The zero-order valence-corrected chi connectivity index (χ0v) is 18.7. The maximum atomic E-state index is 13.1. The topological polar surface area (TPSA) is 118 Å². The average molecular weight is 467 g/mol. The van der Waals surface area contributed by atoms with Crippen LogP contribution in [-0.4, -0.2) is 51.2 Å². The number of likely N-dealkylation sites (tertiary alicyclic amines) is 1. The molecule has 0 spiro atoms. The summed E-state index contributed by atoms with van der Waals surface area (Å²) in [5.74, 6) is 0.325. The molecule has 0 radical (unpaired) electrons. The molecule has 3 amide bonds. The summed E-state index contributed by atoms with van der Waals surface area (Å²) in [7, 11) is 1.52. The van der Waals surface area contributed by atoms with Gasteiger partial charge in [0.1, 0.15) is 5.75 Å². The van der Waals surface area contributed by atoms with Crippen molar-refractivity contribution in [1.82, 2.24) is 19.1 Å². The van der Waals surface area contributed by atoms with Crippen LogP contribution >= 0.6 is 11.5 Å². The Kier molecular flexibility index (Phi) is 5.55. The van der Waals surface area contributed by atoms with Gasteiger partial charge in [0.25, 0.3) is 11.5 Å². The third-order valence-electron chi connectivity index (χ3n) is 6.05. The Morgan fingerprint density at radius 1 is 1.09 bits per heavy atom. The van der Waals surface area contributed by atoms with E-state index in [0.29, 0.717) is 31.1 Å². The molecule has 2 bridgehead atoms. The summed E-state index contributed by atoms with van der Waals surface area (Å²) in [6.07, 6.45) is 0.946. The molecule has 2 aromatic heterocycles. The highest BCUT2D eigenvalue weighted by molar-refractivity contribution is 7.10. The molecule has 2 aliphatic rings. The number of nitrogens with one attached hydrogen (secondary N) is 2. The summed E-state index contributed by atoms with van der Waals surface area (Å²) in [5.41, 5.74) is 1.50. The number of ether oxygens (including phenoxy) is 1. The van der Waals surface area contributed by atoms with Crippen molar-refractivity contribution in [2.45, 2.75) is 18.9 Å². The number of carbonyl (C=O) groups is 2. The first-order valence-corrected chi connectivity index (χ1v) is 11.3. The van der Waals surface area contributed by atoms with E-state index in [1.165, 1.54) is 7.11 Å². The predicted octanol–water partition coefficient (Wildman–Crippen LogP) is 2.61. The smallest absolute Gasteiger partial charge is 0.322 e. The fourth-order valence-electron chi connectivity index (χ4n) is 4.59. The van der Waals surface area contributed by atoms with Crippen LogP contribution in [0.5, 0.6) is 5.75 Å². The summed E-state index contributed by atoms with van der Waals surface area (Å²) in [5, 5.41) is 9.73. The summed E-state index contributed by atoms with van der Waals surface area (Å²) in [6, 6.07) is 12.0. The number of methoxy groups -OCH3 is 1. The van der Waals surface area contributed by atoms with Crippen molar-refractivity contribution in [2.75, 3.05) is 30.8 Å². The molecule has 0 unspecified atom stereocenters. The van der Waals surface area contributed by atoms with Gasteiger partial charge in [-0.3, -0.25) is 14.9 Å². The maximum Gasteiger partial charge on any atom is 0.322 e. The molecular weight excluding hydrogens is 444 g/mol. The number of piperidine rings is 1. The minimum Gasteiger partial charge on any atom is -0.495 e. The number of pyridine rings is 1. The Morgan fingerprint density at radius 2 is 1.94 bits per heavy atom. The van der Waals surface area contributed by atoms with E-state index in [1.54, 1.807) is 41.3 Å². The third kappa shape index (κ3) is 4.07. The van der Waals surface area contributed by atoms with Crippen LogP contribution in [0, 0.1) is 5.92 Å². The van der Waals surface area contributed by atoms with Crippen molar-refractivity contribution in [3.8, 4) is 5.75 Å². The minimum absolute atomic E-state index is 0.00142. The minimum atomic E-state index is -0.493. The van der Waals surface area contributed by atoms with Gasteiger partial charge in [0.2, 0.25) is 0 Å². The number of aromatic nitrogens is 3. The second-order valence-electron chi connectivity index (χ2n) is 8.14.